The van der Waals surface area contributed by atoms with Crippen LogP contribution in [0, 0.1) is 0 Å². The summed E-state index contributed by atoms with van der Waals surface area (Å²) in [4.78, 5) is 16.7. The number of hydrogen-bond acceptors (Lipinski definition) is 3. The lowest BCUT2D eigenvalue weighted by Crippen LogP contribution is -2.22. The molecular formula is C21H18F2N2O2. The van der Waals surface area contributed by atoms with Gasteiger partial charge in [0.2, 0.25) is 0 Å². The van der Waals surface area contributed by atoms with Crippen molar-refractivity contribution < 1.29 is 13.5 Å². The predicted molar refractivity (Wildman–Crippen MR) is 101 cm³/mol. The maximum atomic E-state index is 13.3. The van der Waals surface area contributed by atoms with E-state index >= 15 is 0 Å². The summed E-state index contributed by atoms with van der Waals surface area (Å²) >= 11 is 0. The fourth-order valence-electron chi connectivity index (χ4n) is 2.64. The van der Waals surface area contributed by atoms with Crippen LogP contribution in [-0.2, 0) is 0 Å². The van der Waals surface area contributed by atoms with Crippen LogP contribution in [0.3, 0.4) is 0 Å². The highest BCUT2D eigenvalue weighted by Crippen LogP contribution is 2.23. The van der Waals surface area contributed by atoms with Crippen molar-refractivity contribution >= 4 is 11.4 Å². The maximum absolute atomic E-state index is 13.3. The van der Waals surface area contributed by atoms with Gasteiger partial charge in [0, 0.05) is 23.4 Å². The van der Waals surface area contributed by atoms with Crippen molar-refractivity contribution in [2.75, 3.05) is 6.61 Å². The molecular weight excluding hydrogens is 350 g/mol. The molecule has 0 radical (unpaired) electrons. The first-order valence-corrected chi connectivity index (χ1v) is 8.47. The second kappa shape index (κ2) is 8.40. The van der Waals surface area contributed by atoms with Crippen molar-refractivity contribution in [3.8, 4) is 5.75 Å². The third kappa shape index (κ3) is 4.28. The van der Waals surface area contributed by atoms with E-state index in [1.165, 1.54) is 6.07 Å². The molecule has 1 heterocycles. The van der Waals surface area contributed by atoms with Gasteiger partial charge in [-0.25, -0.2) is 4.99 Å². The minimum Gasteiger partial charge on any atom is -0.488 e. The quantitative estimate of drug-likeness (QED) is 0.586. The first-order chi connectivity index (χ1) is 13.1. The van der Waals surface area contributed by atoms with E-state index in [0.717, 1.165) is 17.3 Å². The van der Waals surface area contributed by atoms with Crippen LogP contribution in [0.4, 0.5) is 14.5 Å². The van der Waals surface area contributed by atoms with E-state index in [1.54, 1.807) is 6.92 Å². The number of hydrogen-bond donors (Lipinski definition) is 0. The van der Waals surface area contributed by atoms with Gasteiger partial charge < -0.3 is 4.74 Å². The highest BCUT2D eigenvalue weighted by molar-refractivity contribution is 6.13. The van der Waals surface area contributed by atoms with Crippen LogP contribution in [-0.4, -0.2) is 16.9 Å². The maximum Gasteiger partial charge on any atom is 0.321 e. The molecule has 1 aromatic heterocycles. The van der Waals surface area contributed by atoms with E-state index in [-0.39, 0.29) is 18.0 Å². The Morgan fingerprint density at radius 3 is 2.07 bits per heavy atom. The summed E-state index contributed by atoms with van der Waals surface area (Å²) in [5.41, 5.74) is 1.60. The zero-order chi connectivity index (χ0) is 19.2. The van der Waals surface area contributed by atoms with Crippen molar-refractivity contribution in [3.63, 3.8) is 0 Å². The zero-order valence-electron chi connectivity index (χ0n) is 14.7. The van der Waals surface area contributed by atoms with Gasteiger partial charge in [0.15, 0.2) is 5.75 Å². The number of nitrogens with zero attached hydrogens (tertiary/aromatic N) is 2. The molecule has 0 saturated carbocycles. The van der Waals surface area contributed by atoms with E-state index in [1.807, 2.05) is 60.7 Å². The summed E-state index contributed by atoms with van der Waals surface area (Å²) in [5, 5.41) is 0. The Bertz CT molecular complexity index is 943. The van der Waals surface area contributed by atoms with Gasteiger partial charge in [-0.2, -0.15) is 8.78 Å². The molecule has 0 aliphatic carbocycles. The normalized spacial score (nSPS) is 10.7. The van der Waals surface area contributed by atoms with Gasteiger partial charge in [-0.1, -0.05) is 60.7 Å². The average Bonchev–Trinajstić information content (AvgIpc) is 2.69. The molecule has 0 unspecified atom stereocenters. The fourth-order valence-corrected chi connectivity index (χ4v) is 2.64. The molecule has 0 spiro atoms. The van der Waals surface area contributed by atoms with Crippen LogP contribution >= 0.6 is 0 Å². The number of aromatic nitrogens is 1. The Morgan fingerprint density at radius 2 is 1.59 bits per heavy atom. The topological polar surface area (TPSA) is 43.6 Å². The highest BCUT2D eigenvalue weighted by Gasteiger charge is 2.15. The number of alkyl halides is 2. The zero-order valence-corrected chi connectivity index (χ0v) is 14.7. The third-order valence-corrected chi connectivity index (χ3v) is 3.84. The molecule has 27 heavy (non-hydrogen) atoms. The number of aliphatic imine (C=N–C) groups is 1. The Kier molecular flexibility index (Phi) is 5.76. The fraction of sp³-hybridized carbons (Fsp3) is 0.143. The molecule has 0 atom stereocenters. The van der Waals surface area contributed by atoms with E-state index in [4.69, 9.17) is 4.74 Å². The van der Waals surface area contributed by atoms with Gasteiger partial charge in [0.05, 0.1) is 18.0 Å². The van der Waals surface area contributed by atoms with Crippen LogP contribution in [0.2, 0.25) is 0 Å². The van der Waals surface area contributed by atoms with E-state index in [0.29, 0.717) is 10.3 Å². The van der Waals surface area contributed by atoms with E-state index in [9.17, 15) is 13.6 Å². The van der Waals surface area contributed by atoms with E-state index in [2.05, 4.69) is 4.99 Å². The SMILES string of the molecule is CCOc1cc(N=C(c2ccccc2)c2ccccc2)cn(C(F)F)c1=O. The predicted octanol–water partition coefficient (Wildman–Crippen LogP) is 4.81. The largest absolute Gasteiger partial charge is 0.488 e. The summed E-state index contributed by atoms with van der Waals surface area (Å²) < 4.78 is 32.1. The average molecular weight is 368 g/mol. The van der Waals surface area contributed by atoms with Gasteiger partial charge in [0.1, 0.15) is 0 Å². The van der Waals surface area contributed by atoms with E-state index < -0.39 is 12.1 Å². The molecule has 0 aliphatic heterocycles. The summed E-state index contributed by atoms with van der Waals surface area (Å²) in [7, 11) is 0. The molecule has 3 rings (SSSR count). The molecule has 0 aliphatic rings. The Labute approximate surface area is 155 Å². The lowest BCUT2D eigenvalue weighted by molar-refractivity contribution is 0.0653. The Morgan fingerprint density at radius 1 is 1.04 bits per heavy atom. The second-order valence-electron chi connectivity index (χ2n) is 5.68. The number of halogens is 2. The van der Waals surface area contributed by atoms with Gasteiger partial charge >= 0.3 is 6.55 Å². The lowest BCUT2D eigenvalue weighted by atomic mass is 10.0. The van der Waals surface area contributed by atoms with Crippen LogP contribution in [0.15, 0.2) is 82.7 Å². The van der Waals surface area contributed by atoms with Crippen molar-refractivity contribution in [1.82, 2.24) is 4.57 Å². The third-order valence-electron chi connectivity index (χ3n) is 3.84. The van der Waals surface area contributed by atoms with Gasteiger partial charge in [0.25, 0.3) is 5.56 Å². The van der Waals surface area contributed by atoms with Gasteiger partial charge in [-0.15, -0.1) is 0 Å². The molecule has 0 amide bonds. The summed E-state index contributed by atoms with van der Waals surface area (Å²) in [6, 6.07) is 20.2. The van der Waals surface area contributed by atoms with Crippen LogP contribution < -0.4 is 10.3 Å². The molecule has 4 nitrogen and oxygen atoms in total. The first-order valence-electron chi connectivity index (χ1n) is 8.47. The minimum atomic E-state index is -2.98. The first kappa shape index (κ1) is 18.5. The molecule has 0 saturated heterocycles. The van der Waals surface area contributed by atoms with Crippen molar-refractivity contribution in [2.45, 2.75) is 13.5 Å². The van der Waals surface area contributed by atoms with Gasteiger partial charge in [-0.3, -0.25) is 9.36 Å². The molecule has 3 aromatic rings. The minimum absolute atomic E-state index is 0.153. The monoisotopic (exact) mass is 368 g/mol. The van der Waals surface area contributed by atoms with Crippen LogP contribution in [0.1, 0.15) is 24.6 Å². The lowest BCUT2D eigenvalue weighted by Gasteiger charge is -2.11. The number of ether oxygens (including phenoxy) is 1. The van der Waals surface area contributed by atoms with Crippen LogP contribution in [0.25, 0.3) is 0 Å². The summed E-state index contributed by atoms with van der Waals surface area (Å²) in [6.45, 7) is -1.11. The molecule has 0 fully saturated rings. The summed E-state index contributed by atoms with van der Waals surface area (Å²) in [5.74, 6) is -0.153. The molecule has 0 bridgehead atoms. The highest BCUT2D eigenvalue weighted by atomic mass is 19.3. The molecule has 6 heteroatoms. The van der Waals surface area contributed by atoms with Crippen molar-refractivity contribution in [1.29, 1.82) is 0 Å². The number of rotatable bonds is 6. The van der Waals surface area contributed by atoms with Crippen molar-refractivity contribution in [3.05, 3.63) is 94.4 Å². The number of benzene rings is 2. The van der Waals surface area contributed by atoms with Crippen LogP contribution in [0.5, 0.6) is 5.75 Å². The molecule has 2 aromatic carbocycles. The summed E-state index contributed by atoms with van der Waals surface area (Å²) in [6.07, 6.45) is 1.04. The molecule has 0 N–H and O–H groups in total. The Balaban J connectivity index is 2.20. The molecule has 138 valence electrons. The number of pyridine rings is 1. The Hall–Kier alpha value is -3.28. The van der Waals surface area contributed by atoms with Gasteiger partial charge in [-0.05, 0) is 6.92 Å². The standard InChI is InChI=1S/C21H18F2N2O2/c1-2-27-18-13-17(14-25(20(18)26)21(22)23)24-19(15-9-5-3-6-10-15)16-11-7-4-8-12-16/h3-14,21H,2H2,1H3. The second-order valence-corrected chi connectivity index (χ2v) is 5.68. The van der Waals surface area contributed by atoms with Crippen molar-refractivity contribution in [2.24, 2.45) is 4.99 Å². The smallest absolute Gasteiger partial charge is 0.321 e.